The van der Waals surface area contributed by atoms with E-state index in [4.69, 9.17) is 0 Å². The van der Waals surface area contributed by atoms with E-state index in [0.717, 1.165) is 41.4 Å². The second-order valence-electron chi connectivity index (χ2n) is 4.03. The van der Waals surface area contributed by atoms with Crippen LogP contribution >= 0.6 is 15.9 Å². The van der Waals surface area contributed by atoms with Gasteiger partial charge in [-0.05, 0) is 18.6 Å². The van der Waals surface area contributed by atoms with Gasteiger partial charge in [0.2, 0.25) is 0 Å². The van der Waals surface area contributed by atoms with Gasteiger partial charge in [-0.3, -0.25) is 4.79 Å². The summed E-state index contributed by atoms with van der Waals surface area (Å²) in [7, 11) is 0. The number of rotatable bonds is 5. The van der Waals surface area contributed by atoms with Gasteiger partial charge in [-0.25, -0.2) is 4.68 Å². The van der Waals surface area contributed by atoms with Crippen molar-refractivity contribution in [2.75, 3.05) is 0 Å². The zero-order valence-electron chi connectivity index (χ0n) is 10.1. The summed E-state index contributed by atoms with van der Waals surface area (Å²) in [6.45, 7) is 2.90. The molecule has 1 heterocycles. The molecule has 0 aliphatic heterocycles. The third-order valence-corrected chi connectivity index (χ3v) is 3.19. The number of halogens is 1. The van der Waals surface area contributed by atoms with Crippen LogP contribution in [0.25, 0.3) is 11.3 Å². The third kappa shape index (κ3) is 2.67. The number of unbranched alkanes of at least 4 members (excludes halogenated alkanes) is 1. The second-order valence-corrected chi connectivity index (χ2v) is 4.94. The summed E-state index contributed by atoms with van der Waals surface area (Å²) in [6.07, 6.45) is 2.85. The van der Waals surface area contributed by atoms with Crippen LogP contribution in [0.15, 0.2) is 28.7 Å². The Morgan fingerprint density at radius 2 is 2.28 bits per heavy atom. The van der Waals surface area contributed by atoms with E-state index in [1.165, 1.54) is 0 Å². The van der Waals surface area contributed by atoms with Gasteiger partial charge in [0.25, 0.3) is 0 Å². The Hall–Kier alpha value is -1.49. The fourth-order valence-electron chi connectivity index (χ4n) is 1.80. The van der Waals surface area contributed by atoms with Gasteiger partial charge in [0.05, 0.1) is 5.69 Å². The number of benzene rings is 1. The highest BCUT2D eigenvalue weighted by Gasteiger charge is 2.14. The monoisotopic (exact) mass is 307 g/mol. The van der Waals surface area contributed by atoms with Crippen LogP contribution in [0.4, 0.5) is 0 Å². The first-order valence-corrected chi connectivity index (χ1v) is 6.70. The molecule has 0 bridgehead atoms. The Morgan fingerprint density at radius 3 is 2.94 bits per heavy atom. The van der Waals surface area contributed by atoms with Gasteiger partial charge >= 0.3 is 0 Å². The van der Waals surface area contributed by atoms with E-state index >= 15 is 0 Å². The van der Waals surface area contributed by atoms with Crippen LogP contribution in [0.2, 0.25) is 0 Å². The maximum Gasteiger partial charge on any atom is 0.172 e. The minimum absolute atomic E-state index is 0.393. The fourth-order valence-corrected chi connectivity index (χ4v) is 2.20. The van der Waals surface area contributed by atoms with Gasteiger partial charge in [-0.1, -0.05) is 46.6 Å². The lowest BCUT2D eigenvalue weighted by molar-refractivity contribution is 0.111. The third-order valence-electron chi connectivity index (χ3n) is 2.69. The smallest absolute Gasteiger partial charge is 0.172 e. The number of nitrogens with zero attached hydrogens (tertiary/aromatic N) is 3. The molecule has 0 fully saturated rings. The summed E-state index contributed by atoms with van der Waals surface area (Å²) in [5, 5.41) is 7.97. The Labute approximate surface area is 114 Å². The van der Waals surface area contributed by atoms with Crippen LogP contribution in [0.5, 0.6) is 0 Å². The maximum atomic E-state index is 11.0. The predicted molar refractivity (Wildman–Crippen MR) is 73.5 cm³/mol. The van der Waals surface area contributed by atoms with Crippen LogP contribution in [-0.2, 0) is 6.54 Å². The molecular weight excluding hydrogens is 294 g/mol. The minimum atomic E-state index is 0.393. The van der Waals surface area contributed by atoms with Crippen LogP contribution in [0.3, 0.4) is 0 Å². The van der Waals surface area contributed by atoms with Crippen molar-refractivity contribution < 1.29 is 4.79 Å². The van der Waals surface area contributed by atoms with Crippen LogP contribution in [0, 0.1) is 0 Å². The average Bonchev–Trinajstić information content (AvgIpc) is 2.79. The molecule has 0 radical (unpaired) electrons. The van der Waals surface area contributed by atoms with Gasteiger partial charge in [-0.15, -0.1) is 5.10 Å². The number of carbonyl (C=O) groups excluding carboxylic acids is 1. The summed E-state index contributed by atoms with van der Waals surface area (Å²) in [5.74, 6) is 0. The van der Waals surface area contributed by atoms with Gasteiger partial charge in [-0.2, -0.15) is 0 Å². The standard InChI is InChI=1S/C13H14BrN3O/c1-2-3-7-17-13(12(9-18)15-16-17)10-5-4-6-11(14)8-10/h4-6,8-9H,2-3,7H2,1H3. The number of hydrogen-bond donors (Lipinski definition) is 0. The summed E-state index contributed by atoms with van der Waals surface area (Å²) < 4.78 is 2.77. The number of aromatic nitrogens is 3. The van der Waals surface area contributed by atoms with Crippen molar-refractivity contribution in [3.05, 3.63) is 34.4 Å². The number of aldehydes is 1. The molecule has 18 heavy (non-hydrogen) atoms. The first-order valence-electron chi connectivity index (χ1n) is 5.91. The van der Waals surface area contributed by atoms with E-state index in [1.54, 1.807) is 4.68 Å². The molecule has 0 aliphatic rings. The molecule has 0 aliphatic carbocycles. The molecule has 1 aromatic heterocycles. The van der Waals surface area contributed by atoms with E-state index in [0.29, 0.717) is 5.69 Å². The van der Waals surface area contributed by atoms with Gasteiger partial charge in [0.15, 0.2) is 12.0 Å². The summed E-state index contributed by atoms with van der Waals surface area (Å²) >= 11 is 3.43. The van der Waals surface area contributed by atoms with Crippen molar-refractivity contribution in [2.24, 2.45) is 0 Å². The zero-order valence-corrected chi connectivity index (χ0v) is 11.7. The SMILES string of the molecule is CCCCn1nnc(C=O)c1-c1cccc(Br)c1. The molecule has 94 valence electrons. The molecule has 5 heteroatoms. The Balaban J connectivity index is 2.46. The summed E-state index contributed by atoms with van der Waals surface area (Å²) in [4.78, 5) is 11.0. The number of hydrogen-bond acceptors (Lipinski definition) is 3. The lowest BCUT2D eigenvalue weighted by atomic mass is 10.1. The Bertz CT molecular complexity index is 551. The molecule has 0 atom stereocenters. The average molecular weight is 308 g/mol. The molecule has 0 saturated heterocycles. The van der Waals surface area contributed by atoms with Crippen LogP contribution in [-0.4, -0.2) is 21.3 Å². The van der Waals surface area contributed by atoms with Crippen LogP contribution in [0.1, 0.15) is 30.3 Å². The van der Waals surface area contributed by atoms with E-state index in [9.17, 15) is 4.79 Å². The molecule has 1 aromatic carbocycles. The zero-order chi connectivity index (χ0) is 13.0. The second kappa shape index (κ2) is 5.91. The van der Waals surface area contributed by atoms with Crippen molar-refractivity contribution in [1.82, 2.24) is 15.0 Å². The van der Waals surface area contributed by atoms with E-state index in [1.807, 2.05) is 24.3 Å². The van der Waals surface area contributed by atoms with E-state index in [-0.39, 0.29) is 0 Å². The topological polar surface area (TPSA) is 47.8 Å². The Kier molecular flexibility index (Phi) is 4.25. The molecule has 0 N–H and O–H groups in total. The minimum Gasteiger partial charge on any atom is -0.296 e. The highest BCUT2D eigenvalue weighted by Crippen LogP contribution is 2.24. The van der Waals surface area contributed by atoms with E-state index < -0.39 is 0 Å². The predicted octanol–water partition coefficient (Wildman–Crippen LogP) is 3.32. The van der Waals surface area contributed by atoms with Crippen molar-refractivity contribution in [3.63, 3.8) is 0 Å². The number of carbonyl (C=O) groups is 1. The van der Waals surface area contributed by atoms with Crippen LogP contribution < -0.4 is 0 Å². The fraction of sp³-hybridized carbons (Fsp3) is 0.308. The highest BCUT2D eigenvalue weighted by molar-refractivity contribution is 9.10. The normalized spacial score (nSPS) is 10.6. The number of aryl methyl sites for hydroxylation is 1. The lowest BCUT2D eigenvalue weighted by Crippen LogP contribution is -2.03. The first-order chi connectivity index (χ1) is 8.76. The lowest BCUT2D eigenvalue weighted by Gasteiger charge is -2.06. The Morgan fingerprint density at radius 1 is 1.44 bits per heavy atom. The molecular formula is C13H14BrN3O. The maximum absolute atomic E-state index is 11.0. The summed E-state index contributed by atoms with van der Waals surface area (Å²) in [6, 6.07) is 7.81. The molecule has 4 nitrogen and oxygen atoms in total. The summed E-state index contributed by atoms with van der Waals surface area (Å²) in [5.41, 5.74) is 2.14. The molecule has 0 spiro atoms. The van der Waals surface area contributed by atoms with Crippen molar-refractivity contribution in [1.29, 1.82) is 0 Å². The molecule has 2 aromatic rings. The van der Waals surface area contributed by atoms with Gasteiger partial charge in [0, 0.05) is 16.6 Å². The molecule has 0 unspecified atom stereocenters. The largest absolute Gasteiger partial charge is 0.296 e. The van der Waals surface area contributed by atoms with Crippen molar-refractivity contribution in [2.45, 2.75) is 26.3 Å². The molecule has 0 amide bonds. The quantitative estimate of drug-likeness (QED) is 0.796. The molecule has 2 rings (SSSR count). The van der Waals surface area contributed by atoms with Crippen molar-refractivity contribution >= 4 is 22.2 Å². The first kappa shape index (κ1) is 13.0. The van der Waals surface area contributed by atoms with Gasteiger partial charge in [0.1, 0.15) is 0 Å². The highest BCUT2D eigenvalue weighted by atomic mass is 79.9. The van der Waals surface area contributed by atoms with Crippen molar-refractivity contribution in [3.8, 4) is 11.3 Å². The van der Waals surface area contributed by atoms with Gasteiger partial charge < -0.3 is 0 Å². The van der Waals surface area contributed by atoms with E-state index in [2.05, 4.69) is 33.2 Å². The molecule has 0 saturated carbocycles.